The molecule has 1 nitrogen and oxygen atoms in total. The second-order valence-corrected chi connectivity index (χ2v) is 3.53. The van der Waals surface area contributed by atoms with Crippen molar-refractivity contribution in [1.82, 2.24) is 0 Å². The van der Waals surface area contributed by atoms with Crippen LogP contribution < -0.4 is 5.73 Å². The maximum atomic E-state index is 5.61. The van der Waals surface area contributed by atoms with E-state index in [-0.39, 0.29) is 0 Å². The van der Waals surface area contributed by atoms with Crippen LogP contribution in [0.3, 0.4) is 0 Å². The summed E-state index contributed by atoms with van der Waals surface area (Å²) in [5.74, 6) is 0.649. The zero-order chi connectivity index (χ0) is 8.27. The lowest BCUT2D eigenvalue weighted by molar-refractivity contribution is 1.15. The molecule has 0 radical (unpaired) electrons. The second kappa shape index (κ2) is 3.98. The van der Waals surface area contributed by atoms with Gasteiger partial charge in [-0.25, -0.2) is 0 Å². The number of benzene rings is 1. The minimum absolute atomic E-state index is 0.649. The van der Waals surface area contributed by atoms with Gasteiger partial charge in [0.25, 0.3) is 0 Å². The van der Waals surface area contributed by atoms with Crippen LogP contribution in [0.15, 0.2) is 22.7 Å². The van der Waals surface area contributed by atoms with E-state index in [2.05, 4.69) is 15.9 Å². The lowest BCUT2D eigenvalue weighted by Crippen LogP contribution is -1.90. The van der Waals surface area contributed by atoms with Crippen molar-refractivity contribution in [1.29, 1.82) is 0 Å². The van der Waals surface area contributed by atoms with E-state index < -0.39 is 0 Å². The van der Waals surface area contributed by atoms with E-state index in [0.717, 1.165) is 16.6 Å². The van der Waals surface area contributed by atoms with Crippen LogP contribution >= 0.6 is 27.5 Å². The van der Waals surface area contributed by atoms with E-state index in [1.807, 2.05) is 18.2 Å². The highest BCUT2D eigenvalue weighted by Gasteiger charge is 1.96. The molecule has 0 fully saturated rings. The first kappa shape index (κ1) is 8.88. The van der Waals surface area contributed by atoms with E-state index >= 15 is 0 Å². The minimum atomic E-state index is 0.649. The number of rotatable bonds is 2. The molecule has 0 amide bonds. The summed E-state index contributed by atoms with van der Waals surface area (Å²) in [6.07, 6.45) is 0.889. The fourth-order valence-electron chi connectivity index (χ4n) is 0.835. The van der Waals surface area contributed by atoms with Gasteiger partial charge in [0, 0.05) is 16.0 Å². The van der Waals surface area contributed by atoms with Gasteiger partial charge in [0.05, 0.1) is 0 Å². The normalized spacial score (nSPS) is 10.0. The fraction of sp³-hybridized carbons (Fsp3) is 0.250. The topological polar surface area (TPSA) is 26.0 Å². The highest BCUT2D eigenvalue weighted by molar-refractivity contribution is 9.10. The van der Waals surface area contributed by atoms with E-state index in [1.54, 1.807) is 0 Å². The lowest BCUT2D eigenvalue weighted by atomic mass is 10.1. The quantitative estimate of drug-likeness (QED) is 0.618. The van der Waals surface area contributed by atoms with Crippen molar-refractivity contribution in [3.05, 3.63) is 28.2 Å². The average molecular weight is 235 g/mol. The first-order valence-corrected chi connectivity index (χ1v) is 4.66. The number of nitrogen functional groups attached to an aromatic ring is 1. The molecule has 0 aromatic heterocycles. The largest absolute Gasteiger partial charge is 0.398 e. The molecule has 0 saturated carbocycles. The Hall–Kier alpha value is -0.210. The molecule has 1 rings (SSSR count). The van der Waals surface area contributed by atoms with Gasteiger partial charge in [-0.15, -0.1) is 11.6 Å². The summed E-state index contributed by atoms with van der Waals surface area (Å²) >= 11 is 8.93. The van der Waals surface area contributed by atoms with E-state index in [9.17, 15) is 0 Å². The van der Waals surface area contributed by atoms with Gasteiger partial charge in [-0.1, -0.05) is 6.07 Å². The zero-order valence-electron chi connectivity index (χ0n) is 5.98. The molecule has 0 saturated heterocycles. The average Bonchev–Trinajstić information content (AvgIpc) is 1.98. The lowest BCUT2D eigenvalue weighted by Gasteiger charge is -2.00. The molecule has 1 aromatic carbocycles. The first-order valence-electron chi connectivity index (χ1n) is 3.34. The molecule has 2 N–H and O–H groups in total. The maximum Gasteiger partial charge on any atom is 0.0458 e. The highest BCUT2D eigenvalue weighted by Crippen LogP contribution is 2.20. The SMILES string of the molecule is Nc1ccc(CCCl)cc1Br. The Morgan fingerprint density at radius 3 is 2.73 bits per heavy atom. The molecule has 60 valence electrons. The smallest absolute Gasteiger partial charge is 0.0458 e. The fourth-order valence-corrected chi connectivity index (χ4v) is 1.48. The summed E-state index contributed by atoms with van der Waals surface area (Å²) in [6, 6.07) is 5.87. The Kier molecular flexibility index (Phi) is 3.21. The monoisotopic (exact) mass is 233 g/mol. The Morgan fingerprint density at radius 2 is 2.18 bits per heavy atom. The molecule has 0 aliphatic carbocycles. The number of nitrogens with two attached hydrogens (primary N) is 1. The summed E-state index contributed by atoms with van der Waals surface area (Å²) in [5, 5.41) is 0. The van der Waals surface area contributed by atoms with Crippen LogP contribution in [0.1, 0.15) is 5.56 Å². The van der Waals surface area contributed by atoms with Crippen molar-refractivity contribution in [2.24, 2.45) is 0 Å². The molecule has 0 heterocycles. The van der Waals surface area contributed by atoms with Gasteiger partial charge >= 0.3 is 0 Å². The minimum Gasteiger partial charge on any atom is -0.398 e. The number of aryl methyl sites for hydroxylation is 1. The first-order chi connectivity index (χ1) is 5.24. The van der Waals surface area contributed by atoms with Crippen LogP contribution in [0.25, 0.3) is 0 Å². The zero-order valence-corrected chi connectivity index (χ0v) is 8.32. The number of halogens is 2. The molecular formula is C8H9BrClN. The van der Waals surface area contributed by atoms with Crippen LogP contribution in [-0.2, 0) is 6.42 Å². The van der Waals surface area contributed by atoms with Crippen molar-refractivity contribution in [3.63, 3.8) is 0 Å². The van der Waals surface area contributed by atoms with Crippen LogP contribution in [0.5, 0.6) is 0 Å². The number of alkyl halides is 1. The van der Waals surface area contributed by atoms with Crippen LogP contribution in [0.4, 0.5) is 5.69 Å². The van der Waals surface area contributed by atoms with Crippen LogP contribution in [0, 0.1) is 0 Å². The van der Waals surface area contributed by atoms with Crippen LogP contribution in [-0.4, -0.2) is 5.88 Å². The summed E-state index contributed by atoms with van der Waals surface area (Å²) in [4.78, 5) is 0. The second-order valence-electron chi connectivity index (χ2n) is 2.29. The van der Waals surface area contributed by atoms with Crippen LogP contribution in [0.2, 0.25) is 0 Å². The summed E-state index contributed by atoms with van der Waals surface area (Å²) < 4.78 is 0.945. The summed E-state index contributed by atoms with van der Waals surface area (Å²) in [7, 11) is 0. The number of hydrogen-bond donors (Lipinski definition) is 1. The predicted octanol–water partition coefficient (Wildman–Crippen LogP) is 2.81. The molecule has 0 atom stereocenters. The van der Waals surface area contributed by atoms with E-state index in [4.69, 9.17) is 17.3 Å². The van der Waals surface area contributed by atoms with Crippen molar-refractivity contribution in [2.75, 3.05) is 11.6 Å². The molecule has 11 heavy (non-hydrogen) atoms. The van der Waals surface area contributed by atoms with Crippen molar-refractivity contribution >= 4 is 33.2 Å². The Morgan fingerprint density at radius 1 is 1.45 bits per heavy atom. The third-order valence-electron chi connectivity index (χ3n) is 1.45. The predicted molar refractivity (Wildman–Crippen MR) is 53.0 cm³/mol. The van der Waals surface area contributed by atoms with Gasteiger partial charge in [0.15, 0.2) is 0 Å². The third-order valence-corrected chi connectivity index (χ3v) is 2.32. The third kappa shape index (κ3) is 2.38. The molecule has 0 aliphatic heterocycles. The van der Waals surface area contributed by atoms with Crippen molar-refractivity contribution in [3.8, 4) is 0 Å². The van der Waals surface area contributed by atoms with E-state index in [0.29, 0.717) is 5.88 Å². The molecule has 0 aliphatic rings. The maximum absolute atomic E-state index is 5.61. The van der Waals surface area contributed by atoms with Gasteiger partial charge in [-0.3, -0.25) is 0 Å². The van der Waals surface area contributed by atoms with Gasteiger partial charge in [-0.05, 0) is 40.0 Å². The molecular weight excluding hydrogens is 225 g/mol. The summed E-state index contributed by atoms with van der Waals surface area (Å²) in [5.41, 5.74) is 7.58. The van der Waals surface area contributed by atoms with Crippen molar-refractivity contribution in [2.45, 2.75) is 6.42 Å². The number of anilines is 1. The highest BCUT2D eigenvalue weighted by atomic mass is 79.9. The molecule has 1 aromatic rings. The molecule has 0 spiro atoms. The van der Waals surface area contributed by atoms with Gasteiger partial charge in [-0.2, -0.15) is 0 Å². The standard InChI is InChI=1S/C8H9BrClN/c9-7-5-6(3-4-10)1-2-8(7)11/h1-2,5H,3-4,11H2. The molecule has 0 bridgehead atoms. The summed E-state index contributed by atoms with van der Waals surface area (Å²) in [6.45, 7) is 0. The Labute approximate surface area is 79.7 Å². The van der Waals surface area contributed by atoms with Gasteiger partial charge in [0.2, 0.25) is 0 Å². The van der Waals surface area contributed by atoms with Crippen molar-refractivity contribution < 1.29 is 0 Å². The molecule has 3 heteroatoms. The Bertz CT molecular complexity index is 250. The van der Waals surface area contributed by atoms with E-state index in [1.165, 1.54) is 5.56 Å². The molecule has 0 unspecified atom stereocenters. The van der Waals surface area contributed by atoms with Gasteiger partial charge < -0.3 is 5.73 Å². The Balaban J connectivity index is 2.86. The van der Waals surface area contributed by atoms with Gasteiger partial charge in [0.1, 0.15) is 0 Å². The number of hydrogen-bond acceptors (Lipinski definition) is 1.